The van der Waals surface area contributed by atoms with E-state index in [1.54, 1.807) is 0 Å². The largest absolute Gasteiger partial charge is 0.492 e. The number of halogens is 1. The van der Waals surface area contributed by atoms with Crippen molar-refractivity contribution in [3.63, 3.8) is 0 Å². The van der Waals surface area contributed by atoms with Crippen molar-refractivity contribution >= 4 is 15.9 Å². The summed E-state index contributed by atoms with van der Waals surface area (Å²) in [6.07, 6.45) is 7.35. The molecule has 0 spiro atoms. The first kappa shape index (κ1) is 13.4. The van der Waals surface area contributed by atoms with Gasteiger partial charge in [-0.15, -0.1) is 0 Å². The maximum atomic E-state index is 6.51. The number of aryl methyl sites for hydroxylation is 1. The number of ether oxygens (including phenoxy) is 1. The Morgan fingerprint density at radius 2 is 2.05 bits per heavy atom. The third-order valence-electron chi connectivity index (χ3n) is 4.66. The molecule has 2 aliphatic rings. The molecule has 104 valence electrons. The Kier molecular flexibility index (Phi) is 3.61. The molecule has 0 heterocycles. The highest BCUT2D eigenvalue weighted by atomic mass is 79.9. The summed E-state index contributed by atoms with van der Waals surface area (Å²) in [7, 11) is 0. The Balaban J connectivity index is 1.86. The summed E-state index contributed by atoms with van der Waals surface area (Å²) in [4.78, 5) is 0. The Hall–Kier alpha value is -0.540. The maximum absolute atomic E-state index is 6.51. The lowest BCUT2D eigenvalue weighted by molar-refractivity contribution is 0.170. The van der Waals surface area contributed by atoms with Crippen LogP contribution < -0.4 is 10.5 Å². The van der Waals surface area contributed by atoms with Crippen LogP contribution in [0.25, 0.3) is 0 Å². The van der Waals surface area contributed by atoms with Crippen LogP contribution in [-0.2, 0) is 5.54 Å². The Morgan fingerprint density at radius 3 is 2.58 bits per heavy atom. The molecule has 1 aromatic rings. The fourth-order valence-electron chi connectivity index (χ4n) is 2.93. The van der Waals surface area contributed by atoms with E-state index in [0.717, 1.165) is 35.6 Å². The van der Waals surface area contributed by atoms with Gasteiger partial charge in [0.25, 0.3) is 0 Å². The highest BCUT2D eigenvalue weighted by Gasteiger charge is 2.37. The van der Waals surface area contributed by atoms with Crippen LogP contribution in [0.5, 0.6) is 5.75 Å². The van der Waals surface area contributed by atoms with Gasteiger partial charge in [0.1, 0.15) is 5.75 Å². The number of hydrogen-bond donors (Lipinski definition) is 1. The number of hydrogen-bond acceptors (Lipinski definition) is 2. The molecule has 2 aliphatic carbocycles. The molecule has 0 atom stereocenters. The van der Waals surface area contributed by atoms with Crippen molar-refractivity contribution in [2.45, 2.75) is 51.0 Å². The van der Waals surface area contributed by atoms with Crippen molar-refractivity contribution in [3.8, 4) is 5.75 Å². The van der Waals surface area contributed by atoms with Gasteiger partial charge in [-0.25, -0.2) is 0 Å². The summed E-state index contributed by atoms with van der Waals surface area (Å²) < 4.78 is 7.18. The molecule has 2 fully saturated rings. The topological polar surface area (TPSA) is 35.2 Å². The Morgan fingerprint density at radius 1 is 1.32 bits per heavy atom. The van der Waals surface area contributed by atoms with E-state index in [1.165, 1.54) is 36.8 Å². The third-order valence-corrected chi connectivity index (χ3v) is 5.25. The normalized spacial score (nSPS) is 21.6. The van der Waals surface area contributed by atoms with Gasteiger partial charge in [-0.3, -0.25) is 0 Å². The average Bonchev–Trinajstić information content (AvgIpc) is 2.26. The van der Waals surface area contributed by atoms with Crippen LogP contribution >= 0.6 is 15.9 Å². The molecule has 3 rings (SSSR count). The molecule has 0 amide bonds. The molecule has 2 N–H and O–H groups in total. The van der Waals surface area contributed by atoms with Crippen LogP contribution in [0.15, 0.2) is 16.6 Å². The van der Waals surface area contributed by atoms with Crippen molar-refractivity contribution in [1.82, 2.24) is 0 Å². The summed E-state index contributed by atoms with van der Waals surface area (Å²) in [5, 5.41) is 0. The molecule has 0 aliphatic heterocycles. The molecule has 2 saturated carbocycles. The van der Waals surface area contributed by atoms with Crippen LogP contribution in [-0.4, -0.2) is 6.61 Å². The minimum absolute atomic E-state index is 0.163. The molecule has 3 heteroatoms. The van der Waals surface area contributed by atoms with Gasteiger partial charge in [0.05, 0.1) is 11.1 Å². The van der Waals surface area contributed by atoms with Gasteiger partial charge in [0, 0.05) is 11.1 Å². The molecule has 0 radical (unpaired) electrons. The second kappa shape index (κ2) is 5.10. The van der Waals surface area contributed by atoms with Gasteiger partial charge in [0.15, 0.2) is 0 Å². The quantitative estimate of drug-likeness (QED) is 0.897. The number of nitrogens with two attached hydrogens (primary N) is 1. The molecular weight excluding hydrogens is 302 g/mol. The SMILES string of the molecule is Cc1cc(Br)c(OCC2CCC2)c(C2(N)CCC2)c1. The second-order valence-corrected chi connectivity index (χ2v) is 7.10. The van der Waals surface area contributed by atoms with E-state index in [1.807, 2.05) is 0 Å². The standard InChI is InChI=1S/C16H22BrNO/c1-11-8-13(16(18)6-3-7-16)15(14(17)9-11)19-10-12-4-2-5-12/h8-9,12H,2-7,10,18H2,1H3. The zero-order chi connectivity index (χ0) is 13.5. The molecule has 0 bridgehead atoms. The van der Waals surface area contributed by atoms with Gasteiger partial charge in [-0.2, -0.15) is 0 Å². The minimum Gasteiger partial charge on any atom is -0.492 e. The van der Waals surface area contributed by atoms with Crippen molar-refractivity contribution in [2.75, 3.05) is 6.61 Å². The van der Waals surface area contributed by atoms with Crippen molar-refractivity contribution in [2.24, 2.45) is 11.7 Å². The fourth-order valence-corrected chi connectivity index (χ4v) is 3.62. The van der Waals surface area contributed by atoms with Crippen LogP contribution in [0.2, 0.25) is 0 Å². The van der Waals surface area contributed by atoms with Crippen LogP contribution in [0.3, 0.4) is 0 Å². The zero-order valence-electron chi connectivity index (χ0n) is 11.5. The predicted molar refractivity (Wildman–Crippen MR) is 81.4 cm³/mol. The molecule has 1 aromatic carbocycles. The monoisotopic (exact) mass is 323 g/mol. The summed E-state index contributed by atoms with van der Waals surface area (Å²) >= 11 is 3.65. The van der Waals surface area contributed by atoms with E-state index < -0.39 is 0 Å². The van der Waals surface area contributed by atoms with Gasteiger partial charge >= 0.3 is 0 Å². The van der Waals surface area contributed by atoms with E-state index in [2.05, 4.69) is 35.0 Å². The number of rotatable bonds is 4. The lowest BCUT2D eigenvalue weighted by Crippen LogP contribution is -2.43. The van der Waals surface area contributed by atoms with E-state index in [4.69, 9.17) is 10.5 Å². The lowest BCUT2D eigenvalue weighted by atomic mass is 9.72. The molecule has 0 unspecified atom stereocenters. The van der Waals surface area contributed by atoms with Crippen LogP contribution in [0, 0.1) is 12.8 Å². The Bertz CT molecular complexity index is 478. The van der Waals surface area contributed by atoms with Crippen molar-refractivity contribution < 1.29 is 4.74 Å². The van der Waals surface area contributed by atoms with Crippen LogP contribution in [0.4, 0.5) is 0 Å². The first-order valence-electron chi connectivity index (χ1n) is 7.31. The fraction of sp³-hybridized carbons (Fsp3) is 0.625. The highest BCUT2D eigenvalue weighted by molar-refractivity contribution is 9.10. The van der Waals surface area contributed by atoms with Crippen molar-refractivity contribution in [3.05, 3.63) is 27.7 Å². The Labute approximate surface area is 123 Å². The summed E-state index contributed by atoms with van der Waals surface area (Å²) in [6, 6.07) is 4.33. The van der Waals surface area contributed by atoms with E-state index >= 15 is 0 Å². The minimum atomic E-state index is -0.163. The third kappa shape index (κ3) is 2.55. The smallest absolute Gasteiger partial charge is 0.138 e. The number of benzene rings is 1. The highest BCUT2D eigenvalue weighted by Crippen LogP contribution is 2.46. The summed E-state index contributed by atoms with van der Waals surface area (Å²) in [6.45, 7) is 2.96. The van der Waals surface area contributed by atoms with Gasteiger partial charge in [-0.1, -0.05) is 12.5 Å². The summed E-state index contributed by atoms with van der Waals surface area (Å²) in [5.41, 5.74) is 8.80. The second-order valence-electron chi connectivity index (χ2n) is 6.24. The van der Waals surface area contributed by atoms with Gasteiger partial charge in [0.2, 0.25) is 0 Å². The summed E-state index contributed by atoms with van der Waals surface area (Å²) in [5.74, 6) is 1.73. The molecule has 2 nitrogen and oxygen atoms in total. The average molecular weight is 324 g/mol. The van der Waals surface area contributed by atoms with E-state index in [0.29, 0.717) is 0 Å². The predicted octanol–water partition coefficient (Wildman–Crippen LogP) is 4.27. The zero-order valence-corrected chi connectivity index (χ0v) is 13.1. The molecular formula is C16H22BrNO. The van der Waals surface area contributed by atoms with Gasteiger partial charge in [-0.05, 0) is 72.5 Å². The maximum Gasteiger partial charge on any atom is 0.138 e. The first-order valence-corrected chi connectivity index (χ1v) is 8.10. The van der Waals surface area contributed by atoms with E-state index in [-0.39, 0.29) is 5.54 Å². The lowest BCUT2D eigenvalue weighted by Gasteiger charge is -2.40. The van der Waals surface area contributed by atoms with E-state index in [9.17, 15) is 0 Å². The van der Waals surface area contributed by atoms with Gasteiger partial charge < -0.3 is 10.5 Å². The molecule has 0 saturated heterocycles. The van der Waals surface area contributed by atoms with Crippen LogP contribution in [0.1, 0.15) is 49.7 Å². The molecule has 19 heavy (non-hydrogen) atoms. The first-order chi connectivity index (χ1) is 9.08. The molecule has 0 aromatic heterocycles. The van der Waals surface area contributed by atoms with Crippen molar-refractivity contribution in [1.29, 1.82) is 0 Å².